The molecule has 3 rings (SSSR count). The van der Waals surface area contributed by atoms with Gasteiger partial charge >= 0.3 is 0 Å². The van der Waals surface area contributed by atoms with Gasteiger partial charge in [0, 0.05) is 18.0 Å². The van der Waals surface area contributed by atoms with E-state index >= 15 is 0 Å². The lowest BCUT2D eigenvalue weighted by molar-refractivity contribution is -0.144. The van der Waals surface area contributed by atoms with Crippen molar-refractivity contribution in [1.82, 2.24) is 4.90 Å². The molecule has 1 amide bonds. The van der Waals surface area contributed by atoms with Gasteiger partial charge in [0.05, 0.1) is 0 Å². The molecule has 1 saturated carbocycles. The van der Waals surface area contributed by atoms with Crippen LogP contribution in [0.2, 0.25) is 0 Å². The van der Waals surface area contributed by atoms with Crippen LogP contribution in [0, 0.1) is 17.8 Å². The van der Waals surface area contributed by atoms with Crippen molar-refractivity contribution in [3.63, 3.8) is 0 Å². The summed E-state index contributed by atoms with van der Waals surface area (Å²) < 4.78 is 0. The highest BCUT2D eigenvalue weighted by Crippen LogP contribution is 2.48. The number of fused-ring (bicyclic) bond motifs is 1. The van der Waals surface area contributed by atoms with E-state index in [2.05, 4.69) is 18.7 Å². The molecular weight excluding hydrogens is 174 g/mol. The summed E-state index contributed by atoms with van der Waals surface area (Å²) in [5.74, 6) is 2.04. The first-order valence-electron chi connectivity index (χ1n) is 5.84. The number of rotatable bonds is 2. The van der Waals surface area contributed by atoms with Gasteiger partial charge in [-0.3, -0.25) is 4.79 Å². The van der Waals surface area contributed by atoms with Crippen molar-refractivity contribution in [2.24, 2.45) is 17.8 Å². The summed E-state index contributed by atoms with van der Waals surface area (Å²) in [5.41, 5.74) is 0. The van der Waals surface area contributed by atoms with E-state index in [-0.39, 0.29) is 5.92 Å². The largest absolute Gasteiger partial charge is 0.336 e. The molecule has 3 aliphatic rings. The lowest BCUT2D eigenvalue weighted by Crippen LogP contribution is -2.54. The standard InChI is InChI=1S/C12H21NO/c1-7(2)10-5-9-6-11(10)13(9)12(14)8(3)4/h7-11H,5-6H2,1-4H3. The van der Waals surface area contributed by atoms with Gasteiger partial charge in [-0.15, -0.1) is 0 Å². The Morgan fingerprint density at radius 1 is 1.21 bits per heavy atom. The van der Waals surface area contributed by atoms with Gasteiger partial charge in [0.15, 0.2) is 0 Å². The number of carbonyl (C=O) groups excluding carboxylic acids is 1. The van der Waals surface area contributed by atoms with Crippen molar-refractivity contribution in [2.45, 2.75) is 52.6 Å². The zero-order valence-electron chi connectivity index (χ0n) is 9.66. The summed E-state index contributed by atoms with van der Waals surface area (Å²) in [4.78, 5) is 14.0. The van der Waals surface area contributed by atoms with Gasteiger partial charge in [0.2, 0.25) is 5.91 Å². The normalized spacial score (nSPS) is 35.3. The van der Waals surface area contributed by atoms with E-state index in [1.54, 1.807) is 0 Å². The maximum Gasteiger partial charge on any atom is 0.225 e. The Bertz CT molecular complexity index is 247. The van der Waals surface area contributed by atoms with Gasteiger partial charge in [-0.05, 0) is 24.7 Å². The molecule has 2 aliphatic heterocycles. The lowest BCUT2D eigenvalue weighted by Gasteiger charge is -2.43. The van der Waals surface area contributed by atoms with Gasteiger partial charge in [-0.1, -0.05) is 27.7 Å². The molecule has 3 fully saturated rings. The molecule has 14 heavy (non-hydrogen) atoms. The van der Waals surface area contributed by atoms with Gasteiger partial charge < -0.3 is 4.90 Å². The van der Waals surface area contributed by atoms with Gasteiger partial charge in [0.1, 0.15) is 0 Å². The quantitative estimate of drug-likeness (QED) is 0.662. The molecule has 3 unspecified atom stereocenters. The zero-order chi connectivity index (χ0) is 10.5. The third-order valence-electron chi connectivity index (χ3n) is 3.91. The Hall–Kier alpha value is -0.530. The fourth-order valence-corrected chi connectivity index (χ4v) is 3.06. The molecule has 0 radical (unpaired) electrons. The molecule has 80 valence electrons. The second-order valence-corrected chi connectivity index (χ2v) is 5.50. The maximum absolute atomic E-state index is 11.9. The SMILES string of the molecule is CC(C)C(=O)N1C2CC(C(C)C)C1C2. The first-order chi connectivity index (χ1) is 6.52. The molecule has 0 spiro atoms. The van der Waals surface area contributed by atoms with Gasteiger partial charge in [-0.2, -0.15) is 0 Å². The van der Waals surface area contributed by atoms with Crippen LogP contribution in [0.4, 0.5) is 0 Å². The molecule has 3 atom stereocenters. The Morgan fingerprint density at radius 3 is 2.29 bits per heavy atom. The average Bonchev–Trinajstić information content (AvgIpc) is 2.59. The van der Waals surface area contributed by atoms with E-state index in [1.165, 1.54) is 12.8 Å². The minimum atomic E-state index is 0.172. The van der Waals surface area contributed by atoms with E-state index < -0.39 is 0 Å². The number of hydrogen-bond acceptors (Lipinski definition) is 1. The highest BCUT2D eigenvalue weighted by atomic mass is 16.2. The Balaban J connectivity index is 2.04. The van der Waals surface area contributed by atoms with Crippen molar-refractivity contribution >= 4 is 5.91 Å². The summed E-state index contributed by atoms with van der Waals surface area (Å²) in [5, 5.41) is 0. The lowest BCUT2D eigenvalue weighted by atomic mass is 9.90. The Morgan fingerprint density at radius 2 is 1.86 bits per heavy atom. The van der Waals surface area contributed by atoms with Crippen LogP contribution in [0.5, 0.6) is 0 Å². The number of hydrogen-bond donors (Lipinski definition) is 0. The summed E-state index contributed by atoms with van der Waals surface area (Å²) in [6, 6.07) is 1.16. The molecule has 0 aromatic rings. The van der Waals surface area contributed by atoms with Crippen molar-refractivity contribution in [3.05, 3.63) is 0 Å². The molecule has 1 aliphatic carbocycles. The Labute approximate surface area is 86.7 Å². The fraction of sp³-hybridized carbons (Fsp3) is 0.917. The van der Waals surface area contributed by atoms with Crippen LogP contribution in [-0.4, -0.2) is 22.9 Å². The van der Waals surface area contributed by atoms with Crippen LogP contribution in [0.25, 0.3) is 0 Å². The van der Waals surface area contributed by atoms with Crippen LogP contribution in [0.15, 0.2) is 0 Å². The molecule has 0 N–H and O–H groups in total. The van der Waals surface area contributed by atoms with Crippen molar-refractivity contribution in [2.75, 3.05) is 0 Å². The fourth-order valence-electron chi connectivity index (χ4n) is 3.06. The molecule has 0 aromatic carbocycles. The third kappa shape index (κ3) is 1.27. The first-order valence-corrected chi connectivity index (χ1v) is 5.84. The number of nitrogens with zero attached hydrogens (tertiary/aromatic N) is 1. The number of amides is 1. The molecule has 2 heterocycles. The monoisotopic (exact) mass is 195 g/mol. The summed E-state index contributed by atoms with van der Waals surface area (Å²) >= 11 is 0. The van der Waals surface area contributed by atoms with Crippen LogP contribution in [-0.2, 0) is 4.79 Å². The second-order valence-electron chi connectivity index (χ2n) is 5.50. The van der Waals surface area contributed by atoms with E-state index in [1.807, 2.05) is 13.8 Å². The molecule has 2 nitrogen and oxygen atoms in total. The van der Waals surface area contributed by atoms with Crippen molar-refractivity contribution in [1.29, 1.82) is 0 Å². The van der Waals surface area contributed by atoms with E-state index in [9.17, 15) is 4.79 Å². The smallest absolute Gasteiger partial charge is 0.225 e. The third-order valence-corrected chi connectivity index (χ3v) is 3.91. The molecule has 0 aromatic heterocycles. The minimum absolute atomic E-state index is 0.172. The summed E-state index contributed by atoms with van der Waals surface area (Å²) in [6.07, 6.45) is 2.52. The molecular formula is C12H21NO. The van der Waals surface area contributed by atoms with E-state index in [4.69, 9.17) is 0 Å². The highest BCUT2D eigenvalue weighted by Gasteiger charge is 2.54. The molecule has 2 heteroatoms. The predicted octanol–water partition coefficient (Wildman–Crippen LogP) is 2.29. The minimum Gasteiger partial charge on any atom is -0.336 e. The van der Waals surface area contributed by atoms with Crippen LogP contribution >= 0.6 is 0 Å². The van der Waals surface area contributed by atoms with Crippen molar-refractivity contribution in [3.8, 4) is 0 Å². The van der Waals surface area contributed by atoms with Crippen LogP contribution in [0.1, 0.15) is 40.5 Å². The van der Waals surface area contributed by atoms with Crippen molar-refractivity contribution < 1.29 is 4.79 Å². The summed E-state index contributed by atoms with van der Waals surface area (Å²) in [7, 11) is 0. The second kappa shape index (κ2) is 3.25. The molecule has 2 saturated heterocycles. The Kier molecular flexibility index (Phi) is 2.32. The maximum atomic E-state index is 11.9. The average molecular weight is 195 g/mol. The zero-order valence-corrected chi connectivity index (χ0v) is 9.66. The number of carbonyl (C=O) groups is 1. The predicted molar refractivity (Wildman–Crippen MR) is 56.8 cm³/mol. The van der Waals surface area contributed by atoms with E-state index in [0.717, 1.165) is 11.8 Å². The van der Waals surface area contributed by atoms with Gasteiger partial charge in [-0.25, -0.2) is 0 Å². The molecule has 2 bridgehead atoms. The summed E-state index contributed by atoms with van der Waals surface area (Å²) in [6.45, 7) is 8.57. The van der Waals surface area contributed by atoms with Crippen LogP contribution < -0.4 is 0 Å². The van der Waals surface area contributed by atoms with Gasteiger partial charge in [0.25, 0.3) is 0 Å². The first kappa shape index (κ1) is 10.0. The van der Waals surface area contributed by atoms with Crippen LogP contribution in [0.3, 0.4) is 0 Å². The van der Waals surface area contributed by atoms with E-state index in [0.29, 0.717) is 18.0 Å². The highest BCUT2D eigenvalue weighted by molar-refractivity contribution is 5.80. The topological polar surface area (TPSA) is 20.3 Å².